The number of rotatable bonds is 3. The topological polar surface area (TPSA) is 62.7 Å². The Labute approximate surface area is 110 Å². The van der Waals surface area contributed by atoms with Crippen LogP contribution in [0.3, 0.4) is 0 Å². The zero-order valence-electron chi connectivity index (χ0n) is 10.9. The highest BCUT2D eigenvalue weighted by atomic mass is 32.1. The molecular weight excluding hydrogens is 252 g/mol. The molecule has 100 valence electrons. The lowest BCUT2D eigenvalue weighted by molar-refractivity contribution is 0.0574. The lowest BCUT2D eigenvalue weighted by atomic mass is 10.1. The maximum atomic E-state index is 12.3. The molecule has 5 nitrogen and oxygen atoms in total. The molecule has 1 saturated heterocycles. The Morgan fingerprint density at radius 2 is 2.39 bits per heavy atom. The van der Waals surface area contributed by atoms with Crippen LogP contribution in [0.25, 0.3) is 0 Å². The van der Waals surface area contributed by atoms with Crippen molar-refractivity contribution < 1.29 is 14.6 Å². The number of thiazole rings is 1. The number of aliphatic hydroxyl groups is 1. The zero-order chi connectivity index (χ0) is 13.3. The van der Waals surface area contributed by atoms with Gasteiger partial charge in [-0.05, 0) is 20.3 Å². The van der Waals surface area contributed by atoms with E-state index >= 15 is 0 Å². The van der Waals surface area contributed by atoms with E-state index in [1.54, 1.807) is 18.9 Å². The summed E-state index contributed by atoms with van der Waals surface area (Å²) in [6.45, 7) is 5.01. The van der Waals surface area contributed by atoms with Gasteiger partial charge in [0.1, 0.15) is 9.88 Å². The molecule has 0 aliphatic carbocycles. The molecule has 18 heavy (non-hydrogen) atoms. The second-order valence-corrected chi connectivity index (χ2v) is 6.01. The number of likely N-dealkylation sites (tertiary alicyclic amines) is 1. The Morgan fingerprint density at radius 3 is 2.94 bits per heavy atom. The van der Waals surface area contributed by atoms with E-state index in [1.165, 1.54) is 11.3 Å². The molecule has 0 spiro atoms. The van der Waals surface area contributed by atoms with Crippen molar-refractivity contribution in [3.8, 4) is 0 Å². The number of ether oxygens (including phenoxy) is 1. The van der Waals surface area contributed by atoms with E-state index in [0.717, 1.165) is 10.7 Å². The summed E-state index contributed by atoms with van der Waals surface area (Å²) in [5, 5.41) is 10.7. The average molecular weight is 270 g/mol. The Hall–Kier alpha value is -0.980. The van der Waals surface area contributed by atoms with Gasteiger partial charge < -0.3 is 14.7 Å². The predicted octanol–water partition coefficient (Wildman–Crippen LogP) is 1.19. The van der Waals surface area contributed by atoms with E-state index in [-0.39, 0.29) is 5.91 Å². The molecule has 0 radical (unpaired) electrons. The first kappa shape index (κ1) is 13.5. The number of β-amino-alcohol motifs (C(OH)–C–C–N with tert-alkyl or cyclic N) is 1. The van der Waals surface area contributed by atoms with Crippen molar-refractivity contribution in [2.24, 2.45) is 0 Å². The van der Waals surface area contributed by atoms with Gasteiger partial charge in [0.25, 0.3) is 5.91 Å². The van der Waals surface area contributed by atoms with Gasteiger partial charge in [-0.15, -0.1) is 11.3 Å². The first-order chi connectivity index (χ1) is 8.43. The number of aryl methyl sites for hydroxylation is 1. The van der Waals surface area contributed by atoms with Crippen molar-refractivity contribution in [1.82, 2.24) is 9.88 Å². The molecule has 1 unspecified atom stereocenters. The van der Waals surface area contributed by atoms with Gasteiger partial charge in [-0.2, -0.15) is 0 Å². The van der Waals surface area contributed by atoms with Crippen molar-refractivity contribution in [2.75, 3.05) is 20.2 Å². The summed E-state index contributed by atoms with van der Waals surface area (Å²) in [5.74, 6) is -0.0369. The number of hydrogen-bond acceptors (Lipinski definition) is 5. The maximum absolute atomic E-state index is 12.3. The molecule has 1 aliphatic heterocycles. The fourth-order valence-electron chi connectivity index (χ4n) is 2.10. The summed E-state index contributed by atoms with van der Waals surface area (Å²) in [4.78, 5) is 19.0. The normalized spacial score (nSPS) is 23.7. The van der Waals surface area contributed by atoms with E-state index in [2.05, 4.69) is 4.98 Å². The predicted molar refractivity (Wildman–Crippen MR) is 68.7 cm³/mol. The van der Waals surface area contributed by atoms with E-state index in [0.29, 0.717) is 31.0 Å². The SMILES string of the molecule is COCc1nc(C)c(C(=O)N2CCC(C)(O)C2)s1. The van der Waals surface area contributed by atoms with Gasteiger partial charge in [-0.25, -0.2) is 4.98 Å². The van der Waals surface area contributed by atoms with Crippen LogP contribution in [0.15, 0.2) is 0 Å². The molecule has 2 rings (SSSR count). The Bertz CT molecular complexity index is 456. The smallest absolute Gasteiger partial charge is 0.265 e. The fourth-order valence-corrected chi connectivity index (χ4v) is 3.10. The van der Waals surface area contributed by atoms with Crippen LogP contribution < -0.4 is 0 Å². The third kappa shape index (κ3) is 2.71. The van der Waals surface area contributed by atoms with Crippen LogP contribution in [-0.2, 0) is 11.3 Å². The van der Waals surface area contributed by atoms with Crippen LogP contribution in [0.4, 0.5) is 0 Å². The first-order valence-electron chi connectivity index (χ1n) is 5.90. The van der Waals surface area contributed by atoms with Gasteiger partial charge >= 0.3 is 0 Å². The Morgan fingerprint density at radius 1 is 1.67 bits per heavy atom. The maximum Gasteiger partial charge on any atom is 0.265 e. The number of amides is 1. The molecule has 0 aromatic carbocycles. The second-order valence-electron chi connectivity index (χ2n) is 4.93. The van der Waals surface area contributed by atoms with Crippen molar-refractivity contribution >= 4 is 17.2 Å². The highest BCUT2D eigenvalue weighted by Crippen LogP contribution is 2.26. The lowest BCUT2D eigenvalue weighted by Gasteiger charge is -2.18. The average Bonchev–Trinajstić information content (AvgIpc) is 2.82. The molecule has 1 fully saturated rings. The van der Waals surface area contributed by atoms with Crippen LogP contribution >= 0.6 is 11.3 Å². The summed E-state index contributed by atoms with van der Waals surface area (Å²) < 4.78 is 5.02. The lowest BCUT2D eigenvalue weighted by Crippen LogP contribution is -2.33. The van der Waals surface area contributed by atoms with Crippen molar-refractivity contribution in [3.05, 3.63) is 15.6 Å². The third-order valence-corrected chi connectivity index (χ3v) is 4.16. The van der Waals surface area contributed by atoms with E-state index in [4.69, 9.17) is 4.74 Å². The van der Waals surface area contributed by atoms with Gasteiger partial charge in [0, 0.05) is 20.2 Å². The van der Waals surface area contributed by atoms with Crippen LogP contribution in [0.2, 0.25) is 0 Å². The van der Waals surface area contributed by atoms with Gasteiger partial charge in [0.2, 0.25) is 0 Å². The summed E-state index contributed by atoms with van der Waals surface area (Å²) in [6.07, 6.45) is 0.627. The molecule has 1 N–H and O–H groups in total. The van der Waals surface area contributed by atoms with Gasteiger partial charge in [-0.1, -0.05) is 0 Å². The van der Waals surface area contributed by atoms with Gasteiger partial charge in [0.15, 0.2) is 0 Å². The van der Waals surface area contributed by atoms with Crippen LogP contribution in [0, 0.1) is 6.92 Å². The van der Waals surface area contributed by atoms with E-state index in [9.17, 15) is 9.90 Å². The van der Waals surface area contributed by atoms with Crippen molar-refractivity contribution in [3.63, 3.8) is 0 Å². The van der Waals surface area contributed by atoms with Gasteiger partial charge in [0.05, 0.1) is 17.9 Å². The molecular formula is C12H18N2O3S. The molecule has 0 saturated carbocycles. The first-order valence-corrected chi connectivity index (χ1v) is 6.71. The number of carbonyl (C=O) groups excluding carboxylic acids is 1. The standard InChI is InChI=1S/C12H18N2O3S/c1-8-10(18-9(13-8)6-17-3)11(15)14-5-4-12(2,16)7-14/h16H,4-7H2,1-3H3. The highest BCUT2D eigenvalue weighted by molar-refractivity contribution is 7.13. The van der Waals surface area contributed by atoms with Crippen molar-refractivity contribution in [2.45, 2.75) is 32.5 Å². The van der Waals surface area contributed by atoms with Crippen LogP contribution in [-0.4, -0.2) is 46.7 Å². The van der Waals surface area contributed by atoms with Crippen LogP contribution in [0.5, 0.6) is 0 Å². The van der Waals surface area contributed by atoms with E-state index < -0.39 is 5.60 Å². The van der Waals surface area contributed by atoms with E-state index in [1.807, 2.05) is 6.92 Å². The minimum atomic E-state index is -0.760. The largest absolute Gasteiger partial charge is 0.388 e. The molecule has 1 aliphatic rings. The van der Waals surface area contributed by atoms with Gasteiger partial charge in [-0.3, -0.25) is 4.79 Å². The third-order valence-electron chi connectivity index (χ3n) is 3.04. The number of aromatic nitrogens is 1. The number of nitrogens with zero attached hydrogens (tertiary/aromatic N) is 2. The number of methoxy groups -OCH3 is 1. The molecule has 2 heterocycles. The highest BCUT2D eigenvalue weighted by Gasteiger charge is 2.35. The summed E-state index contributed by atoms with van der Waals surface area (Å²) in [6, 6.07) is 0. The molecule has 1 atom stereocenters. The summed E-state index contributed by atoms with van der Waals surface area (Å²) in [7, 11) is 1.61. The molecule has 0 bridgehead atoms. The summed E-state index contributed by atoms with van der Waals surface area (Å²) >= 11 is 1.37. The van der Waals surface area contributed by atoms with Crippen molar-refractivity contribution in [1.29, 1.82) is 0 Å². The Kier molecular flexibility index (Phi) is 3.70. The monoisotopic (exact) mass is 270 g/mol. The zero-order valence-corrected chi connectivity index (χ0v) is 11.7. The quantitative estimate of drug-likeness (QED) is 0.896. The number of carbonyl (C=O) groups is 1. The molecule has 6 heteroatoms. The van der Waals surface area contributed by atoms with Crippen LogP contribution in [0.1, 0.15) is 33.7 Å². The number of hydrogen-bond donors (Lipinski definition) is 1. The fraction of sp³-hybridized carbons (Fsp3) is 0.667. The Balaban J connectivity index is 2.14. The minimum absolute atomic E-state index is 0.0369. The molecule has 1 aromatic heterocycles. The summed E-state index contributed by atoms with van der Waals surface area (Å²) in [5.41, 5.74) is -0.0209. The molecule has 1 aromatic rings. The molecule has 1 amide bonds. The second kappa shape index (κ2) is 4.95. The minimum Gasteiger partial charge on any atom is -0.388 e.